The Hall–Kier alpha value is -1.89. The lowest BCUT2D eigenvalue weighted by Gasteiger charge is -2.25. The third-order valence-electron chi connectivity index (χ3n) is 2.80. The maximum absolute atomic E-state index is 11.5. The number of aromatic amines is 1. The van der Waals surface area contributed by atoms with Crippen LogP contribution in [0, 0.1) is 5.92 Å². The molecule has 2 aromatic rings. The molecule has 0 spiro atoms. The van der Waals surface area contributed by atoms with Crippen molar-refractivity contribution >= 4 is 11.5 Å². The van der Waals surface area contributed by atoms with Crippen molar-refractivity contribution in [1.82, 2.24) is 19.8 Å². The molecule has 0 fully saturated rings. The Morgan fingerprint density at radius 2 is 2.26 bits per heavy atom. The summed E-state index contributed by atoms with van der Waals surface area (Å²) in [7, 11) is 0. The summed E-state index contributed by atoms with van der Waals surface area (Å²) in [4.78, 5) is 13.7. The van der Waals surface area contributed by atoms with Crippen molar-refractivity contribution < 1.29 is 0 Å². The highest BCUT2D eigenvalue weighted by Gasteiger charge is 2.11. The van der Waals surface area contributed by atoms with Crippen LogP contribution < -0.4 is 16.3 Å². The van der Waals surface area contributed by atoms with Crippen LogP contribution in [0.25, 0.3) is 5.65 Å². The molecule has 2 heterocycles. The van der Waals surface area contributed by atoms with Crippen LogP contribution in [-0.2, 0) is 0 Å². The SMILES string of the molecule is CC(C)CN(CCCN)c1ccc2n[nH]c(=O)n2n1. The first kappa shape index (κ1) is 13.5. The lowest BCUT2D eigenvalue weighted by atomic mass is 10.2. The number of nitrogens with two attached hydrogens (primary N) is 1. The summed E-state index contributed by atoms with van der Waals surface area (Å²) < 4.78 is 1.28. The van der Waals surface area contributed by atoms with Crippen LogP contribution in [0.15, 0.2) is 16.9 Å². The lowest BCUT2D eigenvalue weighted by molar-refractivity contribution is 0.592. The number of rotatable bonds is 6. The molecule has 0 saturated heterocycles. The van der Waals surface area contributed by atoms with Crippen molar-refractivity contribution in [3.63, 3.8) is 0 Å². The van der Waals surface area contributed by atoms with Crippen LogP contribution in [0.5, 0.6) is 0 Å². The van der Waals surface area contributed by atoms with E-state index in [9.17, 15) is 4.79 Å². The van der Waals surface area contributed by atoms with Crippen molar-refractivity contribution in [3.05, 3.63) is 22.6 Å². The molecule has 2 aromatic heterocycles. The van der Waals surface area contributed by atoms with Gasteiger partial charge in [0.15, 0.2) is 5.65 Å². The molecular formula is C12H20N6O. The van der Waals surface area contributed by atoms with Crippen LogP contribution in [-0.4, -0.2) is 39.4 Å². The molecule has 0 saturated carbocycles. The second-order valence-corrected chi connectivity index (χ2v) is 4.97. The van der Waals surface area contributed by atoms with Gasteiger partial charge < -0.3 is 10.6 Å². The zero-order valence-electron chi connectivity index (χ0n) is 11.3. The molecule has 2 rings (SSSR count). The molecule has 3 N–H and O–H groups in total. The molecule has 0 aromatic carbocycles. The molecule has 0 bridgehead atoms. The minimum Gasteiger partial charge on any atom is -0.355 e. The summed E-state index contributed by atoms with van der Waals surface area (Å²) in [6.45, 7) is 6.66. The van der Waals surface area contributed by atoms with Gasteiger partial charge in [-0.3, -0.25) is 0 Å². The Bertz CT molecular complexity index is 587. The van der Waals surface area contributed by atoms with E-state index in [4.69, 9.17) is 5.73 Å². The first-order valence-corrected chi connectivity index (χ1v) is 6.51. The van der Waals surface area contributed by atoms with E-state index in [2.05, 4.69) is 34.0 Å². The maximum Gasteiger partial charge on any atom is 0.364 e. The molecule has 19 heavy (non-hydrogen) atoms. The second kappa shape index (κ2) is 5.83. The van der Waals surface area contributed by atoms with Gasteiger partial charge in [0.1, 0.15) is 5.82 Å². The van der Waals surface area contributed by atoms with E-state index in [-0.39, 0.29) is 5.69 Å². The van der Waals surface area contributed by atoms with Crippen molar-refractivity contribution in [2.24, 2.45) is 11.7 Å². The van der Waals surface area contributed by atoms with Crippen LogP contribution in [0.3, 0.4) is 0 Å². The molecular weight excluding hydrogens is 244 g/mol. The third-order valence-corrected chi connectivity index (χ3v) is 2.80. The Balaban J connectivity index is 2.31. The zero-order valence-corrected chi connectivity index (χ0v) is 11.3. The summed E-state index contributed by atoms with van der Waals surface area (Å²) in [5, 5.41) is 10.6. The van der Waals surface area contributed by atoms with Gasteiger partial charge in [-0.1, -0.05) is 13.8 Å². The molecule has 0 aliphatic heterocycles. The fraction of sp³-hybridized carbons (Fsp3) is 0.583. The molecule has 0 amide bonds. The number of nitrogens with one attached hydrogen (secondary N) is 1. The van der Waals surface area contributed by atoms with Gasteiger partial charge in [-0.25, -0.2) is 9.89 Å². The molecule has 0 aliphatic carbocycles. The van der Waals surface area contributed by atoms with E-state index in [0.29, 0.717) is 18.1 Å². The van der Waals surface area contributed by atoms with Gasteiger partial charge in [0.2, 0.25) is 0 Å². The largest absolute Gasteiger partial charge is 0.364 e. The van der Waals surface area contributed by atoms with Crippen LogP contribution in [0.4, 0.5) is 5.82 Å². The number of anilines is 1. The number of aromatic nitrogens is 4. The summed E-state index contributed by atoms with van der Waals surface area (Å²) in [5.41, 5.74) is 5.77. The van der Waals surface area contributed by atoms with Gasteiger partial charge in [0.05, 0.1) is 0 Å². The first-order valence-electron chi connectivity index (χ1n) is 6.51. The van der Waals surface area contributed by atoms with Crippen molar-refractivity contribution in [3.8, 4) is 0 Å². The van der Waals surface area contributed by atoms with Gasteiger partial charge in [-0.2, -0.15) is 9.61 Å². The predicted molar refractivity (Wildman–Crippen MR) is 74.3 cm³/mol. The third kappa shape index (κ3) is 3.11. The molecule has 0 aliphatic rings. The van der Waals surface area contributed by atoms with E-state index in [1.165, 1.54) is 4.52 Å². The van der Waals surface area contributed by atoms with Crippen molar-refractivity contribution in [1.29, 1.82) is 0 Å². The van der Waals surface area contributed by atoms with Crippen LogP contribution in [0.1, 0.15) is 20.3 Å². The number of hydrogen-bond acceptors (Lipinski definition) is 5. The molecule has 0 radical (unpaired) electrons. The second-order valence-electron chi connectivity index (χ2n) is 4.97. The van der Waals surface area contributed by atoms with Gasteiger partial charge in [0, 0.05) is 13.1 Å². The summed E-state index contributed by atoms with van der Waals surface area (Å²) in [6, 6.07) is 3.67. The predicted octanol–water partition coefficient (Wildman–Crippen LogP) is 0.229. The van der Waals surface area contributed by atoms with E-state index >= 15 is 0 Å². The number of hydrogen-bond donors (Lipinski definition) is 2. The number of H-pyrrole nitrogens is 1. The quantitative estimate of drug-likeness (QED) is 0.779. The van der Waals surface area contributed by atoms with Crippen molar-refractivity contribution in [2.45, 2.75) is 20.3 Å². The fourth-order valence-electron chi connectivity index (χ4n) is 1.98. The molecule has 0 unspecified atom stereocenters. The minimum atomic E-state index is -0.319. The van der Waals surface area contributed by atoms with Crippen LogP contribution in [0.2, 0.25) is 0 Å². The highest BCUT2D eigenvalue weighted by atomic mass is 16.2. The Labute approximate surface area is 111 Å². The molecule has 7 heteroatoms. The normalized spacial score (nSPS) is 11.4. The Morgan fingerprint density at radius 3 is 2.95 bits per heavy atom. The van der Waals surface area contributed by atoms with E-state index < -0.39 is 0 Å². The topological polar surface area (TPSA) is 92.3 Å². The summed E-state index contributed by atoms with van der Waals surface area (Å²) in [6.07, 6.45) is 0.896. The molecule has 7 nitrogen and oxygen atoms in total. The van der Waals surface area contributed by atoms with E-state index in [0.717, 1.165) is 25.3 Å². The van der Waals surface area contributed by atoms with E-state index in [1.54, 1.807) is 6.07 Å². The van der Waals surface area contributed by atoms with Gasteiger partial charge in [-0.15, -0.1) is 5.10 Å². The molecule has 0 atom stereocenters. The maximum atomic E-state index is 11.5. The van der Waals surface area contributed by atoms with Gasteiger partial charge in [-0.05, 0) is 31.0 Å². The zero-order chi connectivity index (χ0) is 13.8. The summed E-state index contributed by atoms with van der Waals surface area (Å²) in [5.74, 6) is 1.29. The monoisotopic (exact) mass is 264 g/mol. The standard InChI is InChI=1S/C12H20N6O/c1-9(2)8-17(7-3-6-13)11-5-4-10-14-15-12(19)18(10)16-11/h4-5,9H,3,6-8,13H2,1-2H3,(H,15,19). The molecule has 104 valence electrons. The average molecular weight is 264 g/mol. The highest BCUT2D eigenvalue weighted by molar-refractivity contribution is 5.44. The van der Waals surface area contributed by atoms with Gasteiger partial charge >= 0.3 is 5.69 Å². The average Bonchev–Trinajstić information content (AvgIpc) is 2.75. The minimum absolute atomic E-state index is 0.319. The number of fused-ring (bicyclic) bond motifs is 1. The van der Waals surface area contributed by atoms with Gasteiger partial charge in [0.25, 0.3) is 0 Å². The lowest BCUT2D eigenvalue weighted by Crippen LogP contribution is -2.31. The van der Waals surface area contributed by atoms with Crippen LogP contribution >= 0.6 is 0 Å². The summed E-state index contributed by atoms with van der Waals surface area (Å²) >= 11 is 0. The first-order chi connectivity index (χ1) is 9.11. The van der Waals surface area contributed by atoms with Crippen molar-refractivity contribution in [2.75, 3.05) is 24.5 Å². The van der Waals surface area contributed by atoms with E-state index in [1.807, 2.05) is 6.07 Å². The smallest absolute Gasteiger partial charge is 0.355 e. The number of nitrogens with zero attached hydrogens (tertiary/aromatic N) is 4. The fourth-order valence-corrected chi connectivity index (χ4v) is 1.98. The Morgan fingerprint density at radius 1 is 1.47 bits per heavy atom. The Kier molecular flexibility index (Phi) is 4.16. The highest BCUT2D eigenvalue weighted by Crippen LogP contribution is 2.13.